The highest BCUT2D eigenvalue weighted by Crippen LogP contribution is 2.09. The van der Waals surface area contributed by atoms with Crippen molar-refractivity contribution in [1.29, 1.82) is 0 Å². The van der Waals surface area contributed by atoms with Crippen LogP contribution in [0.4, 0.5) is 0 Å². The van der Waals surface area contributed by atoms with Gasteiger partial charge in [-0.05, 0) is 32.1 Å². The molecule has 0 rings (SSSR count). The summed E-state index contributed by atoms with van der Waals surface area (Å²) < 4.78 is 10.5. The Morgan fingerprint density at radius 3 is 1.24 bits per heavy atom. The van der Waals surface area contributed by atoms with E-state index >= 15 is 0 Å². The Balaban J connectivity index is 3.35. The molecule has 0 N–H and O–H groups in total. The Kier molecular flexibility index (Phi) is 24.8. The fourth-order valence-corrected chi connectivity index (χ4v) is 3.37. The standard InChI is InChI=1S/C29H48O4/c1-3-5-7-9-11-13-15-17-19-21-26-32-28(30)24-23-25-29(31)33-27-22-20-18-16-14-12-10-8-6-4-2/h3-4,9-27H2,1-2H3. The number of esters is 2. The Morgan fingerprint density at radius 2 is 0.848 bits per heavy atom. The maximum atomic E-state index is 11.7. The molecule has 0 saturated heterocycles. The van der Waals surface area contributed by atoms with Gasteiger partial charge < -0.3 is 9.47 Å². The molecule has 0 aliphatic rings. The highest BCUT2D eigenvalue weighted by atomic mass is 16.5. The summed E-state index contributed by atoms with van der Waals surface area (Å²) >= 11 is 0. The zero-order chi connectivity index (χ0) is 24.2. The van der Waals surface area contributed by atoms with E-state index in [0.717, 1.165) is 51.4 Å². The number of rotatable bonds is 20. The van der Waals surface area contributed by atoms with Crippen molar-refractivity contribution in [2.75, 3.05) is 13.2 Å². The van der Waals surface area contributed by atoms with Crippen molar-refractivity contribution < 1.29 is 19.1 Å². The lowest BCUT2D eigenvalue weighted by atomic mass is 10.1. The molecule has 0 atom stereocenters. The Bertz CT molecular complexity index is 536. The molecule has 4 nitrogen and oxygen atoms in total. The molecule has 0 heterocycles. The first-order valence-electron chi connectivity index (χ1n) is 13.4. The second-order valence-corrected chi connectivity index (χ2v) is 8.45. The first-order valence-corrected chi connectivity index (χ1v) is 13.4. The van der Waals surface area contributed by atoms with Gasteiger partial charge >= 0.3 is 11.9 Å². The van der Waals surface area contributed by atoms with Crippen LogP contribution in [0.3, 0.4) is 0 Å². The number of carbonyl (C=O) groups excluding carboxylic acids is 2. The first kappa shape index (κ1) is 31.1. The molecule has 0 aromatic carbocycles. The molecule has 0 saturated carbocycles. The van der Waals surface area contributed by atoms with Crippen molar-refractivity contribution in [3.63, 3.8) is 0 Å². The van der Waals surface area contributed by atoms with E-state index < -0.39 is 0 Å². The quantitative estimate of drug-likeness (QED) is 0.107. The molecular weight excluding hydrogens is 412 g/mol. The molecule has 0 amide bonds. The molecule has 0 spiro atoms. The topological polar surface area (TPSA) is 52.6 Å². The third-order valence-electron chi connectivity index (χ3n) is 5.28. The second kappa shape index (κ2) is 26.3. The van der Waals surface area contributed by atoms with Crippen molar-refractivity contribution in [2.24, 2.45) is 0 Å². The van der Waals surface area contributed by atoms with Crippen LogP contribution in [0.5, 0.6) is 0 Å². The van der Waals surface area contributed by atoms with E-state index in [2.05, 4.69) is 37.5 Å². The van der Waals surface area contributed by atoms with Gasteiger partial charge in [0.1, 0.15) is 0 Å². The van der Waals surface area contributed by atoms with Crippen LogP contribution < -0.4 is 0 Å². The van der Waals surface area contributed by atoms with E-state index in [0.29, 0.717) is 19.6 Å². The molecule has 0 aromatic heterocycles. The van der Waals surface area contributed by atoms with Gasteiger partial charge in [-0.1, -0.05) is 65.2 Å². The number of carbonyl (C=O) groups is 2. The third kappa shape index (κ3) is 26.2. The molecule has 0 unspecified atom stereocenters. The van der Waals surface area contributed by atoms with Crippen molar-refractivity contribution in [3.8, 4) is 23.7 Å². The predicted molar refractivity (Wildman–Crippen MR) is 137 cm³/mol. The summed E-state index contributed by atoms with van der Waals surface area (Å²) in [5.41, 5.74) is 0. The van der Waals surface area contributed by atoms with E-state index in [1.165, 1.54) is 51.4 Å². The fraction of sp³-hybridized carbons (Fsp3) is 0.793. The molecule has 0 aliphatic carbocycles. The number of ether oxygens (including phenoxy) is 2. The summed E-state index contributed by atoms with van der Waals surface area (Å²) in [7, 11) is 0. The average molecular weight is 461 g/mol. The highest BCUT2D eigenvalue weighted by molar-refractivity contribution is 5.72. The summed E-state index contributed by atoms with van der Waals surface area (Å²) in [6, 6.07) is 0. The zero-order valence-electron chi connectivity index (χ0n) is 21.5. The van der Waals surface area contributed by atoms with Crippen molar-refractivity contribution in [1.82, 2.24) is 0 Å². The Morgan fingerprint density at radius 1 is 0.485 bits per heavy atom. The Labute approximate surface area is 204 Å². The molecule has 0 radical (unpaired) electrons. The predicted octanol–water partition coefficient (Wildman–Crippen LogP) is 7.53. The van der Waals surface area contributed by atoms with E-state index in [4.69, 9.17) is 9.47 Å². The molecule has 188 valence electrons. The van der Waals surface area contributed by atoms with Gasteiger partial charge in [-0.2, -0.15) is 0 Å². The minimum Gasteiger partial charge on any atom is -0.466 e. The number of unbranched alkanes of at least 4 members (excludes halogenated alkanes) is 12. The van der Waals surface area contributed by atoms with Crippen LogP contribution in [0.1, 0.15) is 136 Å². The average Bonchev–Trinajstić information content (AvgIpc) is 2.81. The van der Waals surface area contributed by atoms with Crippen LogP contribution in [-0.4, -0.2) is 25.2 Å². The van der Waals surface area contributed by atoms with Gasteiger partial charge in [0.2, 0.25) is 0 Å². The minimum absolute atomic E-state index is 0.210. The fourth-order valence-electron chi connectivity index (χ4n) is 3.37. The summed E-state index contributed by atoms with van der Waals surface area (Å²) in [6.45, 7) is 5.12. The molecule has 0 aromatic rings. The largest absolute Gasteiger partial charge is 0.466 e. The van der Waals surface area contributed by atoms with Gasteiger partial charge in [0.25, 0.3) is 0 Å². The van der Waals surface area contributed by atoms with Crippen LogP contribution in [0.15, 0.2) is 0 Å². The smallest absolute Gasteiger partial charge is 0.305 e. The molecule has 0 aliphatic heterocycles. The van der Waals surface area contributed by atoms with E-state index in [9.17, 15) is 9.59 Å². The van der Waals surface area contributed by atoms with Crippen molar-refractivity contribution in [3.05, 3.63) is 0 Å². The van der Waals surface area contributed by atoms with Gasteiger partial charge in [-0.15, -0.1) is 23.7 Å². The normalized spacial score (nSPS) is 10.0. The molecule has 0 fully saturated rings. The SMILES string of the molecule is CCC#CCCCCCCCCOC(=O)CCCC(=O)OCCCCCCCCC#CCC. The van der Waals surface area contributed by atoms with Gasteiger partial charge in [-0.25, -0.2) is 0 Å². The molecule has 0 bridgehead atoms. The van der Waals surface area contributed by atoms with Crippen LogP contribution >= 0.6 is 0 Å². The highest BCUT2D eigenvalue weighted by Gasteiger charge is 2.07. The summed E-state index contributed by atoms with van der Waals surface area (Å²) in [5, 5.41) is 0. The van der Waals surface area contributed by atoms with E-state index in [1.807, 2.05) is 0 Å². The maximum absolute atomic E-state index is 11.7. The first-order chi connectivity index (χ1) is 16.2. The van der Waals surface area contributed by atoms with Crippen LogP contribution in [0.25, 0.3) is 0 Å². The molecule has 4 heteroatoms. The molecular formula is C29H48O4. The van der Waals surface area contributed by atoms with Crippen LogP contribution in [0, 0.1) is 23.7 Å². The number of hydrogen-bond acceptors (Lipinski definition) is 4. The van der Waals surface area contributed by atoms with Crippen LogP contribution in [-0.2, 0) is 19.1 Å². The lowest BCUT2D eigenvalue weighted by Gasteiger charge is -2.06. The van der Waals surface area contributed by atoms with Crippen LogP contribution in [0.2, 0.25) is 0 Å². The van der Waals surface area contributed by atoms with Gasteiger partial charge in [0.05, 0.1) is 13.2 Å². The van der Waals surface area contributed by atoms with E-state index in [-0.39, 0.29) is 24.8 Å². The minimum atomic E-state index is -0.210. The zero-order valence-corrected chi connectivity index (χ0v) is 21.5. The van der Waals surface area contributed by atoms with Gasteiger partial charge in [-0.3, -0.25) is 9.59 Å². The monoisotopic (exact) mass is 460 g/mol. The third-order valence-corrected chi connectivity index (χ3v) is 5.28. The van der Waals surface area contributed by atoms with E-state index in [1.54, 1.807) is 0 Å². The Hall–Kier alpha value is -1.94. The lowest BCUT2D eigenvalue weighted by Crippen LogP contribution is -2.09. The summed E-state index contributed by atoms with van der Waals surface area (Å²) in [5.74, 6) is 12.1. The lowest BCUT2D eigenvalue weighted by molar-refractivity contribution is -0.145. The van der Waals surface area contributed by atoms with Crippen molar-refractivity contribution in [2.45, 2.75) is 136 Å². The van der Waals surface area contributed by atoms with Gasteiger partial charge in [0.15, 0.2) is 0 Å². The van der Waals surface area contributed by atoms with Crippen molar-refractivity contribution >= 4 is 11.9 Å². The molecule has 33 heavy (non-hydrogen) atoms. The summed E-state index contributed by atoms with van der Waals surface area (Å²) in [4.78, 5) is 23.5. The second-order valence-electron chi connectivity index (χ2n) is 8.45. The number of hydrogen-bond donors (Lipinski definition) is 0. The maximum Gasteiger partial charge on any atom is 0.305 e. The van der Waals surface area contributed by atoms with Gasteiger partial charge in [0, 0.05) is 38.5 Å². The summed E-state index contributed by atoms with van der Waals surface area (Å²) in [6.07, 6.45) is 18.6.